The van der Waals surface area contributed by atoms with Crippen LogP contribution in [-0.4, -0.2) is 4.98 Å². The standard InChI is InChI=1S/C14H18N2OS/c1-9(2)11-5-4-10(3)13(6-11)17-8-12-7-16-14(15)18-12/h4-7,9H,8H2,1-3H3,(H2,15,16). The van der Waals surface area contributed by atoms with Crippen LogP contribution in [0, 0.1) is 6.92 Å². The van der Waals surface area contributed by atoms with E-state index < -0.39 is 0 Å². The second kappa shape index (κ2) is 5.40. The molecule has 1 aromatic heterocycles. The van der Waals surface area contributed by atoms with Crippen molar-refractivity contribution in [1.82, 2.24) is 4.98 Å². The predicted octanol–water partition coefficient (Wildman–Crippen LogP) is 3.74. The highest BCUT2D eigenvalue weighted by Gasteiger charge is 2.06. The first-order valence-electron chi connectivity index (χ1n) is 6.00. The molecule has 2 rings (SSSR count). The van der Waals surface area contributed by atoms with Gasteiger partial charge in [0.05, 0.1) is 4.88 Å². The summed E-state index contributed by atoms with van der Waals surface area (Å²) in [7, 11) is 0. The van der Waals surface area contributed by atoms with Crippen LogP contribution in [0.25, 0.3) is 0 Å². The van der Waals surface area contributed by atoms with Crippen LogP contribution in [0.5, 0.6) is 5.75 Å². The van der Waals surface area contributed by atoms with Crippen molar-refractivity contribution in [2.24, 2.45) is 0 Å². The number of hydrogen-bond donors (Lipinski definition) is 1. The number of hydrogen-bond acceptors (Lipinski definition) is 4. The van der Waals surface area contributed by atoms with Crippen LogP contribution >= 0.6 is 11.3 Å². The molecular weight excluding hydrogens is 244 g/mol. The van der Waals surface area contributed by atoms with Gasteiger partial charge in [-0.05, 0) is 30.0 Å². The highest BCUT2D eigenvalue weighted by Crippen LogP contribution is 2.25. The minimum atomic E-state index is 0.506. The van der Waals surface area contributed by atoms with Crippen molar-refractivity contribution >= 4 is 16.5 Å². The lowest BCUT2D eigenvalue weighted by Crippen LogP contribution is -1.97. The fraction of sp³-hybridized carbons (Fsp3) is 0.357. The first-order valence-corrected chi connectivity index (χ1v) is 6.81. The maximum Gasteiger partial charge on any atom is 0.180 e. The normalized spacial score (nSPS) is 10.9. The molecule has 0 aliphatic rings. The highest BCUT2D eigenvalue weighted by atomic mass is 32.1. The van der Waals surface area contributed by atoms with Gasteiger partial charge < -0.3 is 10.5 Å². The zero-order valence-electron chi connectivity index (χ0n) is 10.9. The van der Waals surface area contributed by atoms with Crippen LogP contribution in [0.3, 0.4) is 0 Å². The van der Waals surface area contributed by atoms with Gasteiger partial charge in [-0.25, -0.2) is 4.98 Å². The van der Waals surface area contributed by atoms with E-state index in [4.69, 9.17) is 10.5 Å². The van der Waals surface area contributed by atoms with E-state index in [9.17, 15) is 0 Å². The average Bonchev–Trinajstić information content (AvgIpc) is 2.74. The third-order valence-electron chi connectivity index (χ3n) is 2.82. The summed E-state index contributed by atoms with van der Waals surface area (Å²) in [5.41, 5.74) is 8.03. The molecule has 0 unspecified atom stereocenters. The summed E-state index contributed by atoms with van der Waals surface area (Å²) in [6, 6.07) is 6.37. The molecule has 1 heterocycles. The van der Waals surface area contributed by atoms with E-state index in [1.54, 1.807) is 6.20 Å². The smallest absolute Gasteiger partial charge is 0.180 e. The van der Waals surface area contributed by atoms with Gasteiger partial charge in [-0.3, -0.25) is 0 Å². The van der Waals surface area contributed by atoms with Crippen molar-refractivity contribution in [2.75, 3.05) is 5.73 Å². The number of rotatable bonds is 4. The Hall–Kier alpha value is -1.55. The van der Waals surface area contributed by atoms with E-state index in [0.29, 0.717) is 17.7 Å². The lowest BCUT2D eigenvalue weighted by atomic mass is 10.0. The van der Waals surface area contributed by atoms with Gasteiger partial charge in [-0.2, -0.15) is 0 Å². The second-order valence-corrected chi connectivity index (χ2v) is 5.78. The van der Waals surface area contributed by atoms with Gasteiger partial charge in [0, 0.05) is 6.20 Å². The van der Waals surface area contributed by atoms with Crippen LogP contribution < -0.4 is 10.5 Å². The zero-order chi connectivity index (χ0) is 13.1. The Kier molecular flexibility index (Phi) is 3.87. The van der Waals surface area contributed by atoms with Gasteiger partial charge in [0.1, 0.15) is 12.4 Å². The van der Waals surface area contributed by atoms with Crippen LogP contribution in [0.1, 0.15) is 35.8 Å². The number of aryl methyl sites for hydroxylation is 1. The molecule has 0 aliphatic carbocycles. The van der Waals surface area contributed by atoms with Crippen molar-refractivity contribution in [1.29, 1.82) is 0 Å². The summed E-state index contributed by atoms with van der Waals surface area (Å²) in [5.74, 6) is 1.44. The number of thiazole rings is 1. The molecule has 0 aliphatic heterocycles. The van der Waals surface area contributed by atoms with Crippen molar-refractivity contribution in [2.45, 2.75) is 33.3 Å². The van der Waals surface area contributed by atoms with Crippen LogP contribution in [0.2, 0.25) is 0 Å². The topological polar surface area (TPSA) is 48.1 Å². The Morgan fingerprint density at radius 3 is 2.78 bits per heavy atom. The van der Waals surface area contributed by atoms with E-state index in [1.807, 2.05) is 0 Å². The number of nitrogens with zero attached hydrogens (tertiary/aromatic N) is 1. The fourth-order valence-corrected chi connectivity index (χ4v) is 2.27. The monoisotopic (exact) mass is 262 g/mol. The summed E-state index contributed by atoms with van der Waals surface area (Å²) in [5, 5.41) is 0.584. The van der Waals surface area contributed by atoms with Gasteiger partial charge in [0.15, 0.2) is 5.13 Å². The first kappa shape index (κ1) is 12.9. The molecule has 0 saturated carbocycles. The highest BCUT2D eigenvalue weighted by molar-refractivity contribution is 7.15. The molecule has 96 valence electrons. The molecule has 0 saturated heterocycles. The largest absolute Gasteiger partial charge is 0.488 e. The SMILES string of the molecule is Cc1ccc(C(C)C)cc1OCc1cnc(N)s1. The molecule has 0 radical (unpaired) electrons. The van der Waals surface area contributed by atoms with Crippen molar-refractivity contribution < 1.29 is 4.74 Å². The fourth-order valence-electron chi connectivity index (χ4n) is 1.67. The van der Waals surface area contributed by atoms with Crippen LogP contribution in [0.4, 0.5) is 5.13 Å². The van der Waals surface area contributed by atoms with E-state index in [2.05, 4.69) is 44.0 Å². The third-order valence-corrected chi connectivity index (χ3v) is 3.62. The molecule has 2 aromatic rings. The van der Waals surface area contributed by atoms with Gasteiger partial charge in [-0.15, -0.1) is 0 Å². The van der Waals surface area contributed by atoms with Crippen LogP contribution in [-0.2, 0) is 6.61 Å². The van der Waals surface area contributed by atoms with E-state index in [1.165, 1.54) is 16.9 Å². The summed E-state index contributed by atoms with van der Waals surface area (Å²) in [6.07, 6.45) is 1.77. The van der Waals surface area contributed by atoms with E-state index >= 15 is 0 Å². The summed E-state index contributed by atoms with van der Waals surface area (Å²) < 4.78 is 5.84. The number of nitrogens with two attached hydrogens (primary N) is 1. The van der Waals surface area contributed by atoms with Gasteiger partial charge >= 0.3 is 0 Å². The van der Waals surface area contributed by atoms with Crippen LogP contribution in [0.15, 0.2) is 24.4 Å². The van der Waals surface area contributed by atoms with E-state index in [-0.39, 0.29) is 0 Å². The molecule has 0 amide bonds. The molecule has 18 heavy (non-hydrogen) atoms. The number of benzene rings is 1. The quantitative estimate of drug-likeness (QED) is 0.913. The number of nitrogen functional groups attached to an aromatic ring is 1. The lowest BCUT2D eigenvalue weighted by Gasteiger charge is -2.12. The lowest BCUT2D eigenvalue weighted by molar-refractivity contribution is 0.307. The molecule has 0 atom stereocenters. The van der Waals surface area contributed by atoms with Gasteiger partial charge in [0.2, 0.25) is 0 Å². The molecule has 3 nitrogen and oxygen atoms in total. The number of ether oxygens (including phenoxy) is 1. The van der Waals surface area contributed by atoms with Gasteiger partial charge in [0.25, 0.3) is 0 Å². The molecule has 1 aromatic carbocycles. The zero-order valence-corrected chi connectivity index (χ0v) is 11.8. The van der Waals surface area contributed by atoms with Crippen molar-refractivity contribution in [3.8, 4) is 5.75 Å². The Bertz CT molecular complexity index is 534. The third kappa shape index (κ3) is 3.01. The number of anilines is 1. The Morgan fingerprint density at radius 2 is 2.17 bits per heavy atom. The first-order chi connectivity index (χ1) is 8.56. The maximum absolute atomic E-state index is 5.84. The average molecular weight is 262 g/mol. The molecule has 4 heteroatoms. The maximum atomic E-state index is 5.84. The molecule has 0 bridgehead atoms. The molecular formula is C14H18N2OS. The molecule has 0 spiro atoms. The molecule has 2 N–H and O–H groups in total. The predicted molar refractivity (Wildman–Crippen MR) is 76.1 cm³/mol. The van der Waals surface area contributed by atoms with Crippen molar-refractivity contribution in [3.05, 3.63) is 40.4 Å². The Morgan fingerprint density at radius 1 is 1.39 bits per heavy atom. The number of aromatic nitrogens is 1. The minimum Gasteiger partial charge on any atom is -0.488 e. The van der Waals surface area contributed by atoms with E-state index in [0.717, 1.165) is 16.2 Å². The van der Waals surface area contributed by atoms with Crippen molar-refractivity contribution in [3.63, 3.8) is 0 Å². The summed E-state index contributed by atoms with van der Waals surface area (Å²) in [4.78, 5) is 5.06. The second-order valence-electron chi connectivity index (χ2n) is 4.63. The molecule has 0 fully saturated rings. The Labute approximate surface area is 112 Å². The van der Waals surface area contributed by atoms with Gasteiger partial charge in [-0.1, -0.05) is 37.3 Å². The minimum absolute atomic E-state index is 0.506. The summed E-state index contributed by atoms with van der Waals surface area (Å²) in [6.45, 7) is 6.94. The summed E-state index contributed by atoms with van der Waals surface area (Å²) >= 11 is 1.47. The Balaban J connectivity index is 2.10.